The number of carbonyl (C=O) groups excluding carboxylic acids is 1. The highest BCUT2D eigenvalue weighted by Gasteiger charge is 2.09. The fourth-order valence-corrected chi connectivity index (χ4v) is 3.31. The molecule has 0 saturated carbocycles. The van der Waals surface area contributed by atoms with Gasteiger partial charge in [0.15, 0.2) is 10.3 Å². The molecule has 6 nitrogen and oxygen atoms in total. The van der Waals surface area contributed by atoms with Crippen molar-refractivity contribution in [2.75, 3.05) is 11.1 Å². The number of rotatable bonds is 5. The number of nitrogens with one attached hydrogen (secondary N) is 2. The SMILES string of the molecule is O=C(CSc1nccc(=O)[nH]1)Nc1nc(-c2ccc(Cl)cc2)cs1. The van der Waals surface area contributed by atoms with E-state index in [9.17, 15) is 9.59 Å². The van der Waals surface area contributed by atoms with Gasteiger partial charge >= 0.3 is 0 Å². The third kappa shape index (κ3) is 4.44. The van der Waals surface area contributed by atoms with E-state index in [-0.39, 0.29) is 17.2 Å². The lowest BCUT2D eigenvalue weighted by Crippen LogP contribution is -2.15. The number of thiazole rings is 1. The topological polar surface area (TPSA) is 87.7 Å². The number of nitrogens with zero attached hydrogens (tertiary/aromatic N) is 2. The minimum absolute atomic E-state index is 0.128. The second kappa shape index (κ2) is 7.61. The van der Waals surface area contributed by atoms with Crippen LogP contribution in [-0.2, 0) is 4.79 Å². The van der Waals surface area contributed by atoms with Crippen LogP contribution in [0.4, 0.5) is 5.13 Å². The first-order valence-electron chi connectivity index (χ1n) is 6.79. The fourth-order valence-electron chi connectivity index (χ4n) is 1.80. The third-order valence-corrected chi connectivity index (χ3v) is 4.78. The van der Waals surface area contributed by atoms with E-state index in [1.807, 2.05) is 17.5 Å². The summed E-state index contributed by atoms with van der Waals surface area (Å²) in [5, 5.41) is 6.17. The molecule has 0 aliphatic carbocycles. The number of thioether (sulfide) groups is 1. The molecule has 122 valence electrons. The number of aromatic nitrogens is 3. The normalized spacial score (nSPS) is 10.5. The van der Waals surface area contributed by atoms with Gasteiger partial charge in [0, 0.05) is 28.2 Å². The van der Waals surface area contributed by atoms with E-state index in [1.54, 1.807) is 12.1 Å². The lowest BCUT2D eigenvalue weighted by atomic mass is 10.2. The summed E-state index contributed by atoms with van der Waals surface area (Å²) in [6, 6.07) is 8.64. The highest BCUT2D eigenvalue weighted by Crippen LogP contribution is 2.26. The number of aromatic amines is 1. The van der Waals surface area contributed by atoms with Gasteiger partial charge in [-0.15, -0.1) is 11.3 Å². The molecular weight excluding hydrogens is 368 g/mol. The van der Waals surface area contributed by atoms with Crippen LogP contribution in [0, 0.1) is 0 Å². The lowest BCUT2D eigenvalue weighted by Gasteiger charge is -2.01. The summed E-state index contributed by atoms with van der Waals surface area (Å²) < 4.78 is 0. The van der Waals surface area contributed by atoms with Gasteiger partial charge in [-0.2, -0.15) is 0 Å². The Bertz CT molecular complexity index is 908. The molecule has 2 N–H and O–H groups in total. The first-order chi connectivity index (χ1) is 11.6. The molecule has 9 heteroatoms. The van der Waals surface area contributed by atoms with Crippen LogP contribution < -0.4 is 10.9 Å². The number of H-pyrrole nitrogens is 1. The number of anilines is 1. The van der Waals surface area contributed by atoms with Gasteiger partial charge in [-0.3, -0.25) is 9.59 Å². The lowest BCUT2D eigenvalue weighted by molar-refractivity contribution is -0.113. The molecule has 0 bridgehead atoms. The Hall–Kier alpha value is -2.16. The maximum Gasteiger partial charge on any atom is 0.251 e. The molecule has 0 unspecified atom stereocenters. The first kappa shape index (κ1) is 16.7. The smallest absolute Gasteiger partial charge is 0.251 e. The Morgan fingerprint density at radius 3 is 2.83 bits per heavy atom. The molecular formula is C15H11ClN4O2S2. The first-order valence-corrected chi connectivity index (χ1v) is 9.04. The highest BCUT2D eigenvalue weighted by atomic mass is 35.5. The number of halogens is 1. The summed E-state index contributed by atoms with van der Waals surface area (Å²) in [5.41, 5.74) is 1.45. The van der Waals surface area contributed by atoms with E-state index < -0.39 is 0 Å². The van der Waals surface area contributed by atoms with E-state index in [1.165, 1.54) is 23.6 Å². The van der Waals surface area contributed by atoms with Crippen LogP contribution in [0.3, 0.4) is 0 Å². The zero-order valence-corrected chi connectivity index (χ0v) is 14.5. The molecule has 1 amide bonds. The Labute approximate surface area is 150 Å². The number of hydrogen-bond donors (Lipinski definition) is 2. The molecule has 0 aliphatic rings. The largest absolute Gasteiger partial charge is 0.301 e. The van der Waals surface area contributed by atoms with Crippen molar-refractivity contribution in [1.82, 2.24) is 15.0 Å². The van der Waals surface area contributed by atoms with Crippen molar-refractivity contribution in [2.45, 2.75) is 5.16 Å². The summed E-state index contributed by atoms with van der Waals surface area (Å²) >= 11 is 8.36. The predicted molar refractivity (Wildman–Crippen MR) is 96.8 cm³/mol. The van der Waals surface area contributed by atoms with Crippen LogP contribution in [0.15, 0.2) is 51.9 Å². The maximum atomic E-state index is 12.0. The van der Waals surface area contributed by atoms with Crippen molar-refractivity contribution >= 4 is 45.7 Å². The second-order valence-corrected chi connectivity index (χ2v) is 6.88. The van der Waals surface area contributed by atoms with Gasteiger partial charge in [0.05, 0.1) is 11.4 Å². The third-order valence-electron chi connectivity index (χ3n) is 2.88. The standard InChI is InChI=1S/C15H11ClN4O2S2/c16-10-3-1-9(2-4-10)11-7-23-15(18-11)20-13(22)8-24-14-17-6-5-12(21)19-14/h1-7H,8H2,(H,17,19,21)(H,18,20,22). The monoisotopic (exact) mass is 378 g/mol. The second-order valence-electron chi connectivity index (χ2n) is 4.62. The Morgan fingerprint density at radius 2 is 2.08 bits per heavy atom. The van der Waals surface area contributed by atoms with Crippen LogP contribution in [0.5, 0.6) is 0 Å². The van der Waals surface area contributed by atoms with E-state index in [4.69, 9.17) is 11.6 Å². The van der Waals surface area contributed by atoms with Crippen LogP contribution >= 0.6 is 34.7 Å². The number of amides is 1. The summed E-state index contributed by atoms with van der Waals surface area (Å²) in [5.74, 6) is -0.0912. The van der Waals surface area contributed by atoms with Crippen LogP contribution in [0.2, 0.25) is 5.02 Å². The van der Waals surface area contributed by atoms with Crippen molar-refractivity contribution < 1.29 is 4.79 Å². The van der Waals surface area contributed by atoms with E-state index in [0.29, 0.717) is 15.3 Å². The Balaban J connectivity index is 1.59. The minimum atomic E-state index is -0.250. The Morgan fingerprint density at radius 1 is 1.29 bits per heavy atom. The van der Waals surface area contributed by atoms with E-state index in [2.05, 4.69) is 20.3 Å². The van der Waals surface area contributed by atoms with Crippen LogP contribution in [0.25, 0.3) is 11.3 Å². The average molecular weight is 379 g/mol. The van der Waals surface area contributed by atoms with Crippen molar-refractivity contribution in [1.29, 1.82) is 0 Å². The van der Waals surface area contributed by atoms with Gasteiger partial charge in [-0.05, 0) is 12.1 Å². The molecule has 0 aliphatic heterocycles. The molecule has 3 rings (SSSR count). The van der Waals surface area contributed by atoms with Gasteiger partial charge in [0.2, 0.25) is 5.91 Å². The summed E-state index contributed by atoms with van der Waals surface area (Å²) in [6.07, 6.45) is 1.40. The van der Waals surface area contributed by atoms with Crippen LogP contribution in [-0.4, -0.2) is 26.6 Å². The van der Waals surface area contributed by atoms with Gasteiger partial charge in [-0.25, -0.2) is 9.97 Å². The number of benzene rings is 1. The quantitative estimate of drug-likeness (QED) is 0.525. The minimum Gasteiger partial charge on any atom is -0.301 e. The van der Waals surface area contributed by atoms with Gasteiger partial charge < -0.3 is 10.3 Å². The van der Waals surface area contributed by atoms with Crippen molar-refractivity contribution in [3.8, 4) is 11.3 Å². The zero-order valence-electron chi connectivity index (χ0n) is 12.2. The number of carbonyl (C=O) groups is 1. The molecule has 1 aromatic carbocycles. The van der Waals surface area contributed by atoms with E-state index >= 15 is 0 Å². The van der Waals surface area contributed by atoms with E-state index in [0.717, 1.165) is 23.0 Å². The van der Waals surface area contributed by atoms with Crippen LogP contribution in [0.1, 0.15) is 0 Å². The zero-order chi connectivity index (χ0) is 16.9. The summed E-state index contributed by atoms with van der Waals surface area (Å²) in [6.45, 7) is 0. The Kier molecular flexibility index (Phi) is 5.29. The molecule has 0 radical (unpaired) electrons. The van der Waals surface area contributed by atoms with Gasteiger partial charge in [0.1, 0.15) is 0 Å². The summed E-state index contributed by atoms with van der Waals surface area (Å²) in [7, 11) is 0. The summed E-state index contributed by atoms with van der Waals surface area (Å²) in [4.78, 5) is 34.0. The molecule has 0 saturated heterocycles. The molecule has 3 aromatic rings. The molecule has 24 heavy (non-hydrogen) atoms. The molecule has 0 fully saturated rings. The fraction of sp³-hybridized carbons (Fsp3) is 0.0667. The van der Waals surface area contributed by atoms with Crippen molar-refractivity contribution in [2.24, 2.45) is 0 Å². The maximum absolute atomic E-state index is 12.0. The van der Waals surface area contributed by atoms with Gasteiger partial charge in [-0.1, -0.05) is 35.5 Å². The molecule has 0 atom stereocenters. The average Bonchev–Trinajstić information content (AvgIpc) is 3.02. The highest BCUT2D eigenvalue weighted by molar-refractivity contribution is 7.99. The molecule has 2 heterocycles. The van der Waals surface area contributed by atoms with Crippen molar-refractivity contribution in [3.05, 3.63) is 57.3 Å². The number of hydrogen-bond acceptors (Lipinski definition) is 6. The molecule has 2 aromatic heterocycles. The molecule has 0 spiro atoms. The van der Waals surface area contributed by atoms with Crippen molar-refractivity contribution in [3.63, 3.8) is 0 Å². The predicted octanol–water partition coefficient (Wildman–Crippen LogP) is 3.28. The van der Waals surface area contributed by atoms with Gasteiger partial charge in [0.25, 0.3) is 5.56 Å².